The molecule has 2 aromatic carbocycles. The standard InChI is InChI=1S/C21H30OSi/c1-7-23(8-2,20-15-11-18(22-6)12-16-20)19-13-9-17(10-14-19)21(3,4)5/h9-16H,7-8H2,1-6H3. The van der Waals surface area contributed by atoms with E-state index in [2.05, 4.69) is 83.1 Å². The fourth-order valence-corrected chi connectivity index (χ4v) is 7.51. The molecular formula is C21H30OSi. The van der Waals surface area contributed by atoms with Crippen LogP contribution in [0, 0.1) is 0 Å². The van der Waals surface area contributed by atoms with Crippen LogP contribution >= 0.6 is 0 Å². The van der Waals surface area contributed by atoms with Gasteiger partial charge in [0.2, 0.25) is 0 Å². The van der Waals surface area contributed by atoms with Gasteiger partial charge >= 0.3 is 0 Å². The summed E-state index contributed by atoms with van der Waals surface area (Å²) < 4.78 is 5.32. The third kappa shape index (κ3) is 3.53. The van der Waals surface area contributed by atoms with Crippen molar-refractivity contribution in [3.63, 3.8) is 0 Å². The minimum Gasteiger partial charge on any atom is -0.497 e. The van der Waals surface area contributed by atoms with Crippen LogP contribution in [0.15, 0.2) is 48.5 Å². The Bertz CT molecular complexity index is 616. The first-order valence-corrected chi connectivity index (χ1v) is 11.0. The SMILES string of the molecule is CC[Si](CC)(c1ccc(OC)cc1)c1ccc(C(C)(C)C)cc1. The lowest BCUT2D eigenvalue weighted by atomic mass is 9.87. The van der Waals surface area contributed by atoms with Crippen LogP contribution in [0.2, 0.25) is 12.1 Å². The molecule has 0 radical (unpaired) electrons. The molecule has 23 heavy (non-hydrogen) atoms. The van der Waals surface area contributed by atoms with Gasteiger partial charge in [-0.3, -0.25) is 0 Å². The first-order chi connectivity index (χ1) is 10.9. The molecule has 0 bridgehead atoms. The van der Waals surface area contributed by atoms with E-state index in [0.29, 0.717) is 0 Å². The molecule has 0 fully saturated rings. The second kappa shape index (κ2) is 6.92. The van der Waals surface area contributed by atoms with E-state index in [1.54, 1.807) is 12.3 Å². The van der Waals surface area contributed by atoms with Crippen molar-refractivity contribution in [1.82, 2.24) is 0 Å². The first-order valence-electron chi connectivity index (χ1n) is 8.63. The van der Waals surface area contributed by atoms with E-state index in [1.807, 2.05) is 0 Å². The average molecular weight is 327 g/mol. The maximum absolute atomic E-state index is 5.32. The lowest BCUT2D eigenvalue weighted by molar-refractivity contribution is 0.415. The molecule has 0 saturated carbocycles. The fraction of sp³-hybridized carbons (Fsp3) is 0.429. The molecule has 0 spiro atoms. The highest BCUT2D eigenvalue weighted by Gasteiger charge is 2.33. The Labute approximate surface area is 142 Å². The van der Waals surface area contributed by atoms with Gasteiger partial charge in [-0.15, -0.1) is 0 Å². The van der Waals surface area contributed by atoms with E-state index in [1.165, 1.54) is 22.8 Å². The maximum Gasteiger partial charge on any atom is 0.118 e. The van der Waals surface area contributed by atoms with Crippen molar-refractivity contribution in [2.75, 3.05) is 7.11 Å². The number of ether oxygens (including phenoxy) is 1. The summed E-state index contributed by atoms with van der Waals surface area (Å²) in [5.41, 5.74) is 1.62. The Morgan fingerprint density at radius 2 is 1.22 bits per heavy atom. The topological polar surface area (TPSA) is 9.23 Å². The highest BCUT2D eigenvalue weighted by molar-refractivity contribution is 7.02. The van der Waals surface area contributed by atoms with Crippen LogP contribution < -0.4 is 15.1 Å². The van der Waals surface area contributed by atoms with E-state index in [4.69, 9.17) is 4.74 Å². The van der Waals surface area contributed by atoms with Crippen molar-refractivity contribution < 1.29 is 4.74 Å². The molecule has 2 rings (SSSR count). The lowest BCUT2D eigenvalue weighted by Crippen LogP contribution is -2.57. The van der Waals surface area contributed by atoms with Crippen molar-refractivity contribution in [1.29, 1.82) is 0 Å². The van der Waals surface area contributed by atoms with E-state index >= 15 is 0 Å². The molecular weight excluding hydrogens is 296 g/mol. The number of methoxy groups -OCH3 is 1. The Balaban J connectivity index is 2.47. The summed E-state index contributed by atoms with van der Waals surface area (Å²) in [7, 11) is 0.0578. The third-order valence-electron chi connectivity index (χ3n) is 5.15. The van der Waals surface area contributed by atoms with E-state index in [-0.39, 0.29) is 5.41 Å². The van der Waals surface area contributed by atoms with Gasteiger partial charge < -0.3 is 4.74 Å². The van der Waals surface area contributed by atoms with Crippen LogP contribution in [-0.4, -0.2) is 15.2 Å². The summed E-state index contributed by atoms with van der Waals surface area (Å²) in [4.78, 5) is 0. The molecule has 2 heteroatoms. The molecule has 0 heterocycles. The van der Waals surface area contributed by atoms with Crippen molar-refractivity contribution in [3.8, 4) is 5.75 Å². The van der Waals surface area contributed by atoms with Crippen molar-refractivity contribution in [2.24, 2.45) is 0 Å². The molecule has 124 valence electrons. The number of hydrogen-bond donors (Lipinski definition) is 0. The summed E-state index contributed by atoms with van der Waals surface area (Å²) in [6.07, 6.45) is 0. The first kappa shape index (κ1) is 17.8. The van der Waals surface area contributed by atoms with Crippen LogP contribution in [-0.2, 0) is 5.41 Å². The molecule has 0 aliphatic heterocycles. The van der Waals surface area contributed by atoms with Crippen LogP contribution in [0.25, 0.3) is 0 Å². The van der Waals surface area contributed by atoms with Gasteiger partial charge in [0.15, 0.2) is 0 Å². The lowest BCUT2D eigenvalue weighted by Gasteiger charge is -2.31. The van der Waals surface area contributed by atoms with Gasteiger partial charge in [-0.25, -0.2) is 0 Å². The molecule has 0 amide bonds. The van der Waals surface area contributed by atoms with Gasteiger partial charge in [0.25, 0.3) is 0 Å². The highest BCUT2D eigenvalue weighted by atomic mass is 28.3. The monoisotopic (exact) mass is 326 g/mol. The van der Waals surface area contributed by atoms with Gasteiger partial charge in [0.1, 0.15) is 13.8 Å². The Kier molecular flexibility index (Phi) is 5.36. The number of hydrogen-bond acceptors (Lipinski definition) is 1. The van der Waals surface area contributed by atoms with E-state index < -0.39 is 8.07 Å². The maximum atomic E-state index is 5.32. The third-order valence-corrected chi connectivity index (χ3v) is 10.4. The van der Waals surface area contributed by atoms with E-state index in [9.17, 15) is 0 Å². The minimum absolute atomic E-state index is 0.210. The predicted molar refractivity (Wildman–Crippen MR) is 104 cm³/mol. The zero-order valence-electron chi connectivity index (χ0n) is 15.4. The van der Waals surface area contributed by atoms with Gasteiger partial charge in [-0.2, -0.15) is 0 Å². The summed E-state index contributed by atoms with van der Waals surface area (Å²) in [5, 5.41) is 3.05. The van der Waals surface area contributed by atoms with Crippen LogP contribution in [0.3, 0.4) is 0 Å². The van der Waals surface area contributed by atoms with Crippen LogP contribution in [0.5, 0.6) is 5.75 Å². The van der Waals surface area contributed by atoms with E-state index in [0.717, 1.165) is 5.75 Å². The summed E-state index contributed by atoms with van der Waals surface area (Å²) in [5.74, 6) is 0.937. The molecule has 0 aliphatic carbocycles. The normalized spacial score (nSPS) is 12.3. The second-order valence-corrected chi connectivity index (χ2v) is 12.1. The molecule has 1 nitrogen and oxygen atoms in total. The van der Waals surface area contributed by atoms with Gasteiger partial charge in [-0.05, 0) is 23.1 Å². The molecule has 0 saturated heterocycles. The molecule has 0 atom stereocenters. The average Bonchev–Trinajstić information content (AvgIpc) is 2.57. The van der Waals surface area contributed by atoms with Gasteiger partial charge in [-0.1, -0.05) is 93.5 Å². The molecule has 0 unspecified atom stereocenters. The highest BCUT2D eigenvalue weighted by Crippen LogP contribution is 2.23. The molecule has 2 aromatic rings. The largest absolute Gasteiger partial charge is 0.497 e. The minimum atomic E-state index is -1.67. The zero-order chi connectivity index (χ0) is 17.1. The molecule has 0 aliphatic rings. The van der Waals surface area contributed by atoms with Gasteiger partial charge in [0.05, 0.1) is 7.11 Å². The Morgan fingerprint density at radius 1 is 0.783 bits per heavy atom. The Hall–Kier alpha value is -1.54. The number of benzene rings is 2. The van der Waals surface area contributed by atoms with Crippen molar-refractivity contribution >= 4 is 18.4 Å². The van der Waals surface area contributed by atoms with Crippen LogP contribution in [0.4, 0.5) is 0 Å². The number of rotatable bonds is 5. The molecule has 0 aromatic heterocycles. The predicted octanol–water partition coefficient (Wildman–Crippen LogP) is 4.60. The fourth-order valence-electron chi connectivity index (χ4n) is 3.43. The van der Waals surface area contributed by atoms with Crippen molar-refractivity contribution in [3.05, 3.63) is 54.1 Å². The quantitative estimate of drug-likeness (QED) is 0.730. The van der Waals surface area contributed by atoms with Crippen LogP contribution in [0.1, 0.15) is 40.2 Å². The summed E-state index contributed by atoms with van der Waals surface area (Å²) in [6.45, 7) is 11.5. The molecule has 0 N–H and O–H groups in total. The van der Waals surface area contributed by atoms with Crippen molar-refractivity contribution in [2.45, 2.75) is 52.1 Å². The summed E-state index contributed by atoms with van der Waals surface area (Å²) in [6, 6.07) is 20.6. The Morgan fingerprint density at radius 3 is 1.57 bits per heavy atom. The zero-order valence-corrected chi connectivity index (χ0v) is 16.4. The smallest absolute Gasteiger partial charge is 0.118 e. The second-order valence-electron chi connectivity index (χ2n) is 7.35. The summed E-state index contributed by atoms with van der Waals surface area (Å²) >= 11 is 0. The van der Waals surface area contributed by atoms with Gasteiger partial charge in [0, 0.05) is 0 Å².